The molecule has 0 aliphatic carbocycles. The highest BCUT2D eigenvalue weighted by Gasteiger charge is 2.26. The number of fused-ring (bicyclic) bond motifs is 4. The average Bonchev–Trinajstić information content (AvgIpc) is 3.81. The van der Waals surface area contributed by atoms with Crippen LogP contribution in [0.25, 0.3) is 11.1 Å². The maximum atomic E-state index is 5.15. The topological polar surface area (TPSA) is 122 Å². The summed E-state index contributed by atoms with van der Waals surface area (Å²) in [6.07, 6.45) is 14.7. The van der Waals surface area contributed by atoms with Gasteiger partial charge in [0.15, 0.2) is 10.2 Å². The van der Waals surface area contributed by atoms with Gasteiger partial charge in [-0.1, -0.05) is 59.7 Å². The van der Waals surface area contributed by atoms with Crippen molar-refractivity contribution >= 4 is 45.8 Å². The number of imidazole rings is 2. The molecule has 6 N–H and O–H groups in total. The molecule has 0 amide bonds. The first-order valence-electron chi connectivity index (χ1n) is 19.5. The Balaban J connectivity index is 0.000000184. The van der Waals surface area contributed by atoms with E-state index in [0.717, 1.165) is 126 Å². The largest absolute Gasteiger partial charge is 0.412 e. The van der Waals surface area contributed by atoms with E-state index in [2.05, 4.69) is 101 Å². The molecule has 0 saturated carbocycles. The summed E-state index contributed by atoms with van der Waals surface area (Å²) in [4.78, 5) is 14.5. The molecule has 0 spiro atoms. The molecule has 2 aromatic heterocycles. The van der Waals surface area contributed by atoms with Crippen molar-refractivity contribution in [3.63, 3.8) is 0 Å². The van der Waals surface area contributed by atoms with Crippen LogP contribution in [-0.4, -0.2) is 111 Å². The van der Waals surface area contributed by atoms with Gasteiger partial charge in [-0.3, -0.25) is 0 Å². The molecule has 4 aliphatic rings. The number of hydrogen-bond donors (Lipinski definition) is 4. The number of nitrogens with zero attached hydrogens (tertiary/aromatic N) is 6. The van der Waals surface area contributed by atoms with Gasteiger partial charge in [-0.25, -0.2) is 9.97 Å². The van der Waals surface area contributed by atoms with Crippen molar-refractivity contribution in [2.75, 3.05) is 66.5 Å². The summed E-state index contributed by atoms with van der Waals surface area (Å²) in [7, 11) is 3.70. The Bertz CT molecular complexity index is 1840. The van der Waals surface area contributed by atoms with Crippen LogP contribution in [0.4, 0.5) is 0 Å². The second-order valence-electron chi connectivity index (χ2n) is 14.4. The van der Waals surface area contributed by atoms with Crippen molar-refractivity contribution in [1.29, 1.82) is 0 Å². The zero-order valence-corrected chi connectivity index (χ0v) is 33.9. The highest BCUT2D eigenvalue weighted by atomic mass is 32.1. The summed E-state index contributed by atoms with van der Waals surface area (Å²) in [5, 5.41) is 13.8. The first kappa shape index (κ1) is 40.3. The standard InChI is InChI=1S/2C21H27N5S.H2O/c2*1-22-21(27)24-9-14-25-11-6-17(7-12-25)19-18-5-3-2-4-16(18)8-13-26-15-10-23-20(19)26;/h2*2-5,10,15H,6-9,11-14H2,1H3,(H2,22,24,27);1H2. The van der Waals surface area contributed by atoms with E-state index in [1.54, 1.807) is 11.1 Å². The smallest absolute Gasteiger partial charge is 0.166 e. The zero-order valence-electron chi connectivity index (χ0n) is 32.2. The van der Waals surface area contributed by atoms with Crippen LogP contribution in [0.5, 0.6) is 0 Å². The van der Waals surface area contributed by atoms with Crippen molar-refractivity contribution in [1.82, 2.24) is 50.2 Å². The fraction of sp³-hybridized carbons (Fsp3) is 0.429. The molecule has 2 aromatic carbocycles. The summed E-state index contributed by atoms with van der Waals surface area (Å²) in [5.74, 6) is 2.29. The molecule has 13 heteroatoms. The Morgan fingerprint density at radius 2 is 0.982 bits per heavy atom. The molecule has 0 bridgehead atoms. The number of nitrogens with one attached hydrogen (secondary N) is 4. The molecule has 292 valence electrons. The third-order valence-electron chi connectivity index (χ3n) is 11.2. The second kappa shape index (κ2) is 19.5. The maximum absolute atomic E-state index is 5.15. The van der Waals surface area contributed by atoms with Gasteiger partial charge in [0, 0.05) is 115 Å². The summed E-state index contributed by atoms with van der Waals surface area (Å²) >= 11 is 10.3. The van der Waals surface area contributed by atoms with E-state index in [0.29, 0.717) is 0 Å². The third-order valence-corrected chi connectivity index (χ3v) is 11.9. The van der Waals surface area contributed by atoms with Gasteiger partial charge in [-0.2, -0.15) is 0 Å². The molecule has 8 rings (SSSR count). The van der Waals surface area contributed by atoms with Gasteiger partial charge in [0.1, 0.15) is 11.6 Å². The summed E-state index contributed by atoms with van der Waals surface area (Å²) < 4.78 is 4.63. The van der Waals surface area contributed by atoms with E-state index in [9.17, 15) is 0 Å². The van der Waals surface area contributed by atoms with Gasteiger partial charge in [-0.15, -0.1) is 0 Å². The Hall–Kier alpha value is -4.40. The van der Waals surface area contributed by atoms with Crippen molar-refractivity contribution in [3.8, 4) is 0 Å². The number of likely N-dealkylation sites (tertiary alicyclic amines) is 2. The molecular weight excluding hydrogens is 725 g/mol. The Kier molecular flexibility index (Phi) is 14.2. The number of rotatable bonds is 6. The van der Waals surface area contributed by atoms with E-state index in [4.69, 9.17) is 34.4 Å². The lowest BCUT2D eigenvalue weighted by Crippen LogP contribution is -2.40. The number of thiocarbonyl (C=S) groups is 2. The van der Waals surface area contributed by atoms with Crippen molar-refractivity contribution in [2.24, 2.45) is 0 Å². The predicted molar refractivity (Wildman–Crippen MR) is 231 cm³/mol. The molecule has 4 aromatic rings. The van der Waals surface area contributed by atoms with E-state index in [1.165, 1.54) is 33.4 Å². The maximum Gasteiger partial charge on any atom is 0.166 e. The fourth-order valence-electron chi connectivity index (χ4n) is 8.24. The van der Waals surface area contributed by atoms with Crippen LogP contribution >= 0.6 is 24.4 Å². The van der Waals surface area contributed by atoms with Crippen LogP contribution in [0.1, 0.15) is 59.6 Å². The van der Waals surface area contributed by atoms with Crippen molar-refractivity contribution < 1.29 is 5.48 Å². The van der Waals surface area contributed by atoms with Gasteiger partial charge in [-0.05, 0) is 85.2 Å². The van der Waals surface area contributed by atoms with Crippen LogP contribution in [0, 0.1) is 0 Å². The second-order valence-corrected chi connectivity index (χ2v) is 15.2. The molecule has 4 aliphatic heterocycles. The number of aromatic nitrogens is 4. The Morgan fingerprint density at radius 1 is 0.582 bits per heavy atom. The highest BCUT2D eigenvalue weighted by molar-refractivity contribution is 7.80. The first-order chi connectivity index (χ1) is 26.5. The lowest BCUT2D eigenvalue weighted by Gasteiger charge is -2.30. The first-order valence-corrected chi connectivity index (χ1v) is 20.3. The molecule has 2 saturated heterocycles. The predicted octanol–water partition coefficient (Wildman–Crippen LogP) is 4.04. The van der Waals surface area contributed by atoms with Crippen LogP contribution in [-0.2, 0) is 25.9 Å². The van der Waals surface area contributed by atoms with Gasteiger partial charge in [0.2, 0.25) is 0 Å². The number of aryl methyl sites for hydroxylation is 4. The minimum absolute atomic E-state index is 0. The number of piperidine rings is 2. The van der Waals surface area contributed by atoms with Gasteiger partial charge in [0.25, 0.3) is 0 Å². The molecule has 6 heterocycles. The van der Waals surface area contributed by atoms with Gasteiger partial charge < -0.3 is 45.7 Å². The van der Waals surface area contributed by atoms with Gasteiger partial charge >= 0.3 is 0 Å². The van der Waals surface area contributed by atoms with E-state index >= 15 is 0 Å². The Morgan fingerprint density at radius 3 is 1.38 bits per heavy atom. The minimum Gasteiger partial charge on any atom is -0.412 e. The van der Waals surface area contributed by atoms with Crippen molar-refractivity contribution in [2.45, 2.75) is 51.6 Å². The molecule has 2 fully saturated rings. The third kappa shape index (κ3) is 9.71. The van der Waals surface area contributed by atoms with Crippen LogP contribution < -0.4 is 21.3 Å². The van der Waals surface area contributed by atoms with E-state index in [1.807, 2.05) is 26.5 Å². The molecular formula is C42H56N10OS2. The van der Waals surface area contributed by atoms with Gasteiger partial charge in [0.05, 0.1) is 0 Å². The molecule has 11 nitrogen and oxygen atoms in total. The Labute approximate surface area is 336 Å². The van der Waals surface area contributed by atoms with E-state index < -0.39 is 0 Å². The summed E-state index contributed by atoms with van der Waals surface area (Å²) in [5.41, 5.74) is 11.5. The lowest BCUT2D eigenvalue weighted by atomic mass is 9.90. The highest BCUT2D eigenvalue weighted by Crippen LogP contribution is 2.37. The van der Waals surface area contributed by atoms with Crippen LogP contribution in [0.3, 0.4) is 0 Å². The van der Waals surface area contributed by atoms with Crippen molar-refractivity contribution in [3.05, 3.63) is 118 Å². The number of hydrogen-bond acceptors (Lipinski definition) is 6. The summed E-state index contributed by atoms with van der Waals surface area (Å²) in [6, 6.07) is 17.7. The summed E-state index contributed by atoms with van der Waals surface area (Å²) in [6.45, 7) is 10.2. The molecule has 0 unspecified atom stereocenters. The monoisotopic (exact) mass is 780 g/mol. The quantitative estimate of drug-likeness (QED) is 0.214. The van der Waals surface area contributed by atoms with Crippen LogP contribution in [0.2, 0.25) is 0 Å². The minimum atomic E-state index is 0. The number of benzene rings is 2. The van der Waals surface area contributed by atoms with Crippen LogP contribution in [0.15, 0.2) is 84.5 Å². The zero-order chi connectivity index (χ0) is 37.3. The normalized spacial score (nSPS) is 16.8. The lowest BCUT2D eigenvalue weighted by molar-refractivity contribution is 0.261. The van der Waals surface area contributed by atoms with E-state index in [-0.39, 0.29) is 5.48 Å². The molecule has 0 atom stereocenters. The molecule has 55 heavy (non-hydrogen) atoms. The fourth-order valence-corrected chi connectivity index (χ4v) is 8.45. The molecule has 0 radical (unpaired) electrons. The average molecular weight is 781 g/mol. The SMILES string of the molecule is CNC(=S)NCCN1CCC(=C2c3ccccc3CCn3ccnc32)CC1.CNC(=S)NCCN1CCC(=C2c3ccccc3CCn3ccnc32)CC1.O.